The summed E-state index contributed by atoms with van der Waals surface area (Å²) in [4.78, 5) is 1.83. The molecule has 2 heterocycles. The van der Waals surface area contributed by atoms with Crippen molar-refractivity contribution >= 4 is 7.12 Å². The molecule has 0 aliphatic carbocycles. The Kier molecular flexibility index (Phi) is 5.30. The van der Waals surface area contributed by atoms with E-state index in [1.807, 2.05) is 63.1 Å². The lowest BCUT2D eigenvalue weighted by Gasteiger charge is -2.32. The molecule has 1 atom stereocenters. The molecule has 1 aromatic rings. The molecule has 6 nitrogen and oxygen atoms in total. The molecule has 146 valence electrons. The molecule has 2 aliphatic rings. The second-order valence-corrected chi connectivity index (χ2v) is 7.85. The summed E-state index contributed by atoms with van der Waals surface area (Å²) >= 11 is 0. The second-order valence-electron chi connectivity index (χ2n) is 7.85. The van der Waals surface area contributed by atoms with Crippen LogP contribution in [-0.2, 0) is 15.9 Å². The predicted molar refractivity (Wildman–Crippen MR) is 104 cm³/mol. The van der Waals surface area contributed by atoms with Crippen LogP contribution in [0.25, 0.3) is 0 Å². The first-order valence-electron chi connectivity index (χ1n) is 9.07. The van der Waals surface area contributed by atoms with Crippen LogP contribution >= 0.6 is 0 Å². The first-order valence-corrected chi connectivity index (χ1v) is 9.07. The zero-order valence-electron chi connectivity index (χ0n) is 16.9. The molecule has 0 bridgehead atoms. The maximum Gasteiger partial charge on any atom is 0.496 e. The first-order chi connectivity index (χ1) is 12.7. The number of rotatable bonds is 5. The standard InChI is InChI=1S/C20H28BNO5/c1-19(2)20(3,4)27-21(26-19)15-8-10-18(23)22(13-15)12-14-7-9-16(24-5)17(11-14)25-6/h7-11,13,18,23H,12H2,1-6H3. The lowest BCUT2D eigenvalue weighted by atomic mass is 9.77. The molecule has 0 radical (unpaired) electrons. The van der Waals surface area contributed by atoms with Gasteiger partial charge in [-0.3, -0.25) is 0 Å². The maximum absolute atomic E-state index is 10.4. The molecule has 1 N–H and O–H groups in total. The zero-order chi connectivity index (χ0) is 19.8. The van der Waals surface area contributed by atoms with Gasteiger partial charge in [-0.2, -0.15) is 0 Å². The fraction of sp³-hybridized carbons (Fsp3) is 0.500. The third-order valence-corrected chi connectivity index (χ3v) is 5.45. The Hall–Kier alpha value is -1.96. The van der Waals surface area contributed by atoms with Crippen LogP contribution in [0.5, 0.6) is 11.5 Å². The summed E-state index contributed by atoms with van der Waals surface area (Å²) < 4.78 is 22.9. The lowest BCUT2D eigenvalue weighted by Crippen LogP contribution is -2.41. The smallest absolute Gasteiger partial charge is 0.493 e. The van der Waals surface area contributed by atoms with Crippen LogP contribution in [0.1, 0.15) is 33.3 Å². The molecule has 1 fully saturated rings. The SMILES string of the molecule is COc1ccc(CN2C=C(B3OC(C)(C)C(C)(C)O3)C=CC2O)cc1OC. The summed E-state index contributed by atoms with van der Waals surface area (Å²) in [5, 5.41) is 10.4. The monoisotopic (exact) mass is 373 g/mol. The van der Waals surface area contributed by atoms with Gasteiger partial charge in [-0.1, -0.05) is 12.1 Å². The van der Waals surface area contributed by atoms with Crippen LogP contribution in [-0.4, -0.2) is 48.8 Å². The average molecular weight is 373 g/mol. The van der Waals surface area contributed by atoms with Crippen molar-refractivity contribution in [3.05, 3.63) is 47.6 Å². The third kappa shape index (κ3) is 3.86. The number of aliphatic hydroxyl groups excluding tert-OH is 1. The Morgan fingerprint density at radius 2 is 1.70 bits per heavy atom. The Morgan fingerprint density at radius 3 is 2.30 bits per heavy atom. The van der Waals surface area contributed by atoms with Crippen LogP contribution in [0.15, 0.2) is 42.0 Å². The molecular formula is C20H28BNO5. The number of hydrogen-bond acceptors (Lipinski definition) is 6. The van der Waals surface area contributed by atoms with Crippen molar-refractivity contribution in [3.8, 4) is 11.5 Å². The van der Waals surface area contributed by atoms with Gasteiger partial charge in [0, 0.05) is 12.7 Å². The van der Waals surface area contributed by atoms with E-state index in [0.717, 1.165) is 11.0 Å². The fourth-order valence-corrected chi connectivity index (χ4v) is 3.07. The normalized spacial score (nSPS) is 23.4. The highest BCUT2D eigenvalue weighted by atomic mass is 16.7. The van der Waals surface area contributed by atoms with Gasteiger partial charge in [0.1, 0.15) is 6.23 Å². The van der Waals surface area contributed by atoms with E-state index < -0.39 is 24.5 Å². The van der Waals surface area contributed by atoms with Crippen LogP contribution in [0, 0.1) is 0 Å². The Labute approximate surface area is 161 Å². The molecule has 1 aromatic carbocycles. The molecule has 0 aromatic heterocycles. The molecule has 0 saturated carbocycles. The average Bonchev–Trinajstić information content (AvgIpc) is 2.84. The van der Waals surface area contributed by atoms with Gasteiger partial charge in [0.15, 0.2) is 11.5 Å². The molecule has 0 amide bonds. The minimum Gasteiger partial charge on any atom is -0.493 e. The molecule has 27 heavy (non-hydrogen) atoms. The van der Waals surface area contributed by atoms with Crippen LogP contribution in [0.2, 0.25) is 0 Å². The maximum atomic E-state index is 10.4. The zero-order valence-corrected chi connectivity index (χ0v) is 16.9. The summed E-state index contributed by atoms with van der Waals surface area (Å²) in [5.41, 5.74) is 1.05. The van der Waals surface area contributed by atoms with Crippen molar-refractivity contribution in [3.63, 3.8) is 0 Å². The van der Waals surface area contributed by atoms with Crippen molar-refractivity contribution in [2.45, 2.75) is 51.7 Å². The van der Waals surface area contributed by atoms with Crippen molar-refractivity contribution in [1.29, 1.82) is 0 Å². The molecule has 2 aliphatic heterocycles. The Balaban J connectivity index is 1.79. The highest BCUT2D eigenvalue weighted by Crippen LogP contribution is 2.39. The Morgan fingerprint density at radius 1 is 1.07 bits per heavy atom. The van der Waals surface area contributed by atoms with Gasteiger partial charge < -0.3 is 28.8 Å². The summed E-state index contributed by atoms with van der Waals surface area (Å²) in [6.07, 6.45) is 4.77. The number of benzene rings is 1. The summed E-state index contributed by atoms with van der Waals surface area (Å²) in [7, 11) is 2.75. The van der Waals surface area contributed by atoms with E-state index in [1.54, 1.807) is 20.3 Å². The van der Waals surface area contributed by atoms with Crippen LogP contribution < -0.4 is 9.47 Å². The first kappa shape index (κ1) is 19.8. The topological polar surface area (TPSA) is 60.4 Å². The molecule has 1 unspecified atom stereocenters. The van der Waals surface area contributed by atoms with E-state index in [2.05, 4.69) is 0 Å². The van der Waals surface area contributed by atoms with Gasteiger partial charge in [0.05, 0.1) is 25.4 Å². The van der Waals surface area contributed by atoms with Gasteiger partial charge in [0.25, 0.3) is 0 Å². The number of aliphatic hydroxyl groups is 1. The molecule has 3 rings (SSSR count). The van der Waals surface area contributed by atoms with Gasteiger partial charge in [-0.05, 0) is 56.9 Å². The molecule has 0 spiro atoms. The predicted octanol–water partition coefficient (Wildman–Crippen LogP) is 2.91. The Bertz CT molecular complexity index is 743. The minimum absolute atomic E-state index is 0.406. The minimum atomic E-state index is -0.718. The fourth-order valence-electron chi connectivity index (χ4n) is 3.07. The van der Waals surface area contributed by atoms with Crippen LogP contribution in [0.4, 0.5) is 0 Å². The highest BCUT2D eigenvalue weighted by molar-refractivity contribution is 6.55. The number of allylic oxidation sites excluding steroid dienone is 2. The number of methoxy groups -OCH3 is 2. The van der Waals surface area contributed by atoms with Crippen LogP contribution in [0.3, 0.4) is 0 Å². The summed E-state index contributed by atoms with van der Waals surface area (Å²) in [6, 6.07) is 5.72. The van der Waals surface area contributed by atoms with E-state index in [0.29, 0.717) is 18.0 Å². The highest BCUT2D eigenvalue weighted by Gasteiger charge is 2.52. The summed E-state index contributed by atoms with van der Waals surface area (Å²) in [6.45, 7) is 8.61. The van der Waals surface area contributed by atoms with Gasteiger partial charge in [-0.15, -0.1) is 0 Å². The van der Waals surface area contributed by atoms with Crippen molar-refractivity contribution in [2.24, 2.45) is 0 Å². The van der Waals surface area contributed by atoms with Crippen molar-refractivity contribution in [2.75, 3.05) is 14.2 Å². The van der Waals surface area contributed by atoms with Gasteiger partial charge >= 0.3 is 7.12 Å². The van der Waals surface area contributed by atoms with Crippen molar-refractivity contribution < 1.29 is 23.9 Å². The van der Waals surface area contributed by atoms with E-state index in [1.165, 1.54) is 0 Å². The van der Waals surface area contributed by atoms with E-state index >= 15 is 0 Å². The van der Waals surface area contributed by atoms with E-state index in [4.69, 9.17) is 18.8 Å². The number of hydrogen-bond donors (Lipinski definition) is 1. The van der Waals surface area contributed by atoms with E-state index in [-0.39, 0.29) is 0 Å². The lowest BCUT2D eigenvalue weighted by molar-refractivity contribution is 0.00578. The van der Waals surface area contributed by atoms with Crippen molar-refractivity contribution in [1.82, 2.24) is 4.90 Å². The number of nitrogens with zero attached hydrogens (tertiary/aromatic N) is 1. The van der Waals surface area contributed by atoms with Gasteiger partial charge in [0.2, 0.25) is 0 Å². The number of ether oxygens (including phenoxy) is 2. The van der Waals surface area contributed by atoms with Gasteiger partial charge in [-0.25, -0.2) is 0 Å². The second kappa shape index (κ2) is 7.22. The quantitative estimate of drug-likeness (QED) is 0.801. The van der Waals surface area contributed by atoms with E-state index in [9.17, 15) is 5.11 Å². The molecule has 1 saturated heterocycles. The summed E-state index contributed by atoms with van der Waals surface area (Å²) in [5.74, 6) is 1.33. The molecule has 7 heteroatoms. The largest absolute Gasteiger partial charge is 0.496 e. The molecular weight excluding hydrogens is 345 g/mol. The third-order valence-electron chi connectivity index (χ3n) is 5.45.